The van der Waals surface area contributed by atoms with Gasteiger partial charge in [0.15, 0.2) is 5.76 Å². The molecule has 3 rings (SSSR count). The average molecular weight is 359 g/mol. The highest BCUT2D eigenvalue weighted by Gasteiger charge is 2.20. The van der Waals surface area contributed by atoms with Crippen molar-refractivity contribution in [2.24, 2.45) is 0 Å². The van der Waals surface area contributed by atoms with Gasteiger partial charge in [-0.1, -0.05) is 30.3 Å². The summed E-state index contributed by atoms with van der Waals surface area (Å²) in [7, 11) is 0. The minimum atomic E-state index is -1.07. The maximum absolute atomic E-state index is 12.5. The van der Waals surface area contributed by atoms with Gasteiger partial charge in [0.2, 0.25) is 5.78 Å². The van der Waals surface area contributed by atoms with Crippen LogP contribution in [-0.2, 0) is 11.3 Å². The number of hydrogen-bond donors (Lipinski definition) is 1. The number of ether oxygens (including phenoxy) is 1. The second-order valence-electron chi connectivity index (χ2n) is 5.36. The molecule has 0 bridgehead atoms. The monoisotopic (exact) mass is 358 g/mol. The summed E-state index contributed by atoms with van der Waals surface area (Å²) in [6.07, 6.45) is 0. The zero-order valence-corrected chi connectivity index (χ0v) is 14.0. The minimum absolute atomic E-state index is 0.0736. The van der Waals surface area contributed by atoms with Crippen LogP contribution in [0.5, 0.6) is 0 Å². The Balaban J connectivity index is 2.05. The average Bonchev–Trinajstić information content (AvgIpc) is 3.06. The summed E-state index contributed by atoms with van der Waals surface area (Å²) in [5.41, 5.74) is 1.52. The Hall–Kier alpha value is -2.63. The second kappa shape index (κ2) is 7.51. The van der Waals surface area contributed by atoms with E-state index in [1.807, 2.05) is 6.07 Å². The number of carboxylic acids is 1. The summed E-state index contributed by atoms with van der Waals surface area (Å²) in [5.74, 6) is -0.867. The molecule has 0 unspecified atom stereocenters. The lowest BCUT2D eigenvalue weighted by molar-refractivity contribution is 0.0689. The Morgan fingerprint density at radius 3 is 2.56 bits per heavy atom. The topological polar surface area (TPSA) is 76.7 Å². The van der Waals surface area contributed by atoms with E-state index in [9.17, 15) is 14.7 Å². The van der Waals surface area contributed by atoms with Gasteiger partial charge >= 0.3 is 5.97 Å². The maximum Gasteiger partial charge on any atom is 0.336 e. The highest BCUT2D eigenvalue weighted by atomic mass is 35.5. The van der Waals surface area contributed by atoms with Crippen LogP contribution < -0.4 is 0 Å². The predicted octanol–water partition coefficient (Wildman–Crippen LogP) is 4.12. The second-order valence-corrected chi connectivity index (χ2v) is 5.73. The SMILES string of the molecule is O=C(c1ccccc1)c1cc2c(COCCCl)c(C(=O)O)ccc2o1. The van der Waals surface area contributed by atoms with Crippen LogP contribution in [-0.4, -0.2) is 29.3 Å². The first-order chi connectivity index (χ1) is 12.1. The summed E-state index contributed by atoms with van der Waals surface area (Å²) in [5, 5.41) is 9.95. The number of halogens is 1. The first kappa shape index (κ1) is 17.2. The number of carbonyl (C=O) groups excluding carboxylic acids is 1. The standard InChI is InChI=1S/C19H15ClO5/c20-8-9-24-11-15-13(19(22)23)6-7-16-14(15)10-17(25-16)18(21)12-4-2-1-3-5-12/h1-7,10H,8-9,11H2,(H,22,23). The minimum Gasteiger partial charge on any atom is -0.478 e. The molecule has 0 atom stereocenters. The summed E-state index contributed by atoms with van der Waals surface area (Å²) in [4.78, 5) is 24.0. The molecule has 6 heteroatoms. The fourth-order valence-corrected chi connectivity index (χ4v) is 2.71. The molecular weight excluding hydrogens is 344 g/mol. The van der Waals surface area contributed by atoms with Gasteiger partial charge in [-0.15, -0.1) is 11.6 Å². The number of ketones is 1. The molecule has 1 heterocycles. The normalized spacial score (nSPS) is 10.9. The van der Waals surface area contributed by atoms with E-state index in [1.165, 1.54) is 6.07 Å². The number of rotatable bonds is 7. The molecule has 128 valence electrons. The lowest BCUT2D eigenvalue weighted by atomic mass is 10.0. The number of carbonyl (C=O) groups is 2. The molecule has 1 N–H and O–H groups in total. The van der Waals surface area contributed by atoms with Gasteiger partial charge < -0.3 is 14.3 Å². The maximum atomic E-state index is 12.5. The lowest BCUT2D eigenvalue weighted by Gasteiger charge is -2.07. The molecule has 5 nitrogen and oxygen atoms in total. The number of benzene rings is 2. The molecule has 0 radical (unpaired) electrons. The number of hydrogen-bond acceptors (Lipinski definition) is 4. The van der Waals surface area contributed by atoms with Crippen molar-refractivity contribution in [2.75, 3.05) is 12.5 Å². The zero-order valence-electron chi connectivity index (χ0n) is 13.2. The fourth-order valence-electron chi connectivity index (χ4n) is 2.60. The molecule has 2 aromatic carbocycles. The molecule has 0 saturated carbocycles. The Morgan fingerprint density at radius 2 is 1.88 bits per heavy atom. The van der Waals surface area contributed by atoms with E-state index in [1.54, 1.807) is 36.4 Å². The van der Waals surface area contributed by atoms with E-state index >= 15 is 0 Å². The van der Waals surface area contributed by atoms with E-state index in [4.69, 9.17) is 20.8 Å². The molecule has 0 spiro atoms. The van der Waals surface area contributed by atoms with Crippen LogP contribution in [0, 0.1) is 0 Å². The van der Waals surface area contributed by atoms with Gasteiger partial charge in [0.25, 0.3) is 0 Å². The van der Waals surface area contributed by atoms with Gasteiger partial charge in [-0.2, -0.15) is 0 Å². The highest BCUT2D eigenvalue weighted by Crippen LogP contribution is 2.28. The molecular formula is C19H15ClO5. The van der Waals surface area contributed by atoms with Gasteiger partial charge in [0.1, 0.15) is 5.58 Å². The molecule has 25 heavy (non-hydrogen) atoms. The van der Waals surface area contributed by atoms with Crippen molar-refractivity contribution in [3.05, 3.63) is 71.0 Å². The first-order valence-corrected chi connectivity index (χ1v) is 8.17. The van der Waals surface area contributed by atoms with Crippen molar-refractivity contribution in [3.63, 3.8) is 0 Å². The third-order valence-electron chi connectivity index (χ3n) is 3.77. The van der Waals surface area contributed by atoms with Gasteiger partial charge in [-0.25, -0.2) is 4.79 Å². The molecule has 0 aliphatic heterocycles. The Kier molecular flexibility index (Phi) is 5.16. The van der Waals surface area contributed by atoms with Crippen LogP contribution in [0.25, 0.3) is 11.0 Å². The molecule has 0 aliphatic rings. The number of furan rings is 1. The Labute approximate surface area is 148 Å². The zero-order chi connectivity index (χ0) is 17.8. The summed E-state index contributed by atoms with van der Waals surface area (Å²) in [6.45, 7) is 0.370. The van der Waals surface area contributed by atoms with Crippen LogP contribution >= 0.6 is 11.6 Å². The molecule has 0 aliphatic carbocycles. The smallest absolute Gasteiger partial charge is 0.336 e. The van der Waals surface area contributed by atoms with E-state index in [2.05, 4.69) is 0 Å². The lowest BCUT2D eigenvalue weighted by Crippen LogP contribution is -2.05. The Morgan fingerprint density at radius 1 is 1.12 bits per heavy atom. The fraction of sp³-hybridized carbons (Fsp3) is 0.158. The van der Waals surface area contributed by atoms with E-state index in [0.717, 1.165) is 0 Å². The summed E-state index contributed by atoms with van der Waals surface area (Å²) < 4.78 is 11.0. The van der Waals surface area contributed by atoms with Crippen molar-refractivity contribution in [3.8, 4) is 0 Å². The quantitative estimate of drug-likeness (QED) is 0.390. The number of fused-ring (bicyclic) bond motifs is 1. The molecule has 0 saturated heterocycles. The number of alkyl halides is 1. The van der Waals surface area contributed by atoms with Crippen molar-refractivity contribution in [1.82, 2.24) is 0 Å². The van der Waals surface area contributed by atoms with E-state index < -0.39 is 5.97 Å². The number of aromatic carboxylic acids is 1. The van der Waals surface area contributed by atoms with Crippen LogP contribution in [0.3, 0.4) is 0 Å². The largest absolute Gasteiger partial charge is 0.478 e. The van der Waals surface area contributed by atoms with Crippen LogP contribution in [0.2, 0.25) is 0 Å². The summed E-state index contributed by atoms with van der Waals surface area (Å²) >= 11 is 5.60. The highest BCUT2D eigenvalue weighted by molar-refractivity contribution is 6.18. The molecule has 1 aromatic heterocycles. The van der Waals surface area contributed by atoms with Gasteiger partial charge in [0, 0.05) is 22.4 Å². The van der Waals surface area contributed by atoms with Crippen molar-refractivity contribution < 1.29 is 23.8 Å². The van der Waals surface area contributed by atoms with Crippen molar-refractivity contribution in [2.45, 2.75) is 6.61 Å². The van der Waals surface area contributed by atoms with Crippen LogP contribution in [0.15, 0.2) is 52.9 Å². The molecule has 3 aromatic rings. The Bertz CT molecular complexity index is 914. The van der Waals surface area contributed by atoms with Crippen molar-refractivity contribution in [1.29, 1.82) is 0 Å². The van der Waals surface area contributed by atoms with Crippen LogP contribution in [0.4, 0.5) is 0 Å². The van der Waals surface area contributed by atoms with Crippen molar-refractivity contribution >= 4 is 34.3 Å². The van der Waals surface area contributed by atoms with Crippen LogP contribution in [0.1, 0.15) is 32.0 Å². The van der Waals surface area contributed by atoms with E-state index in [-0.39, 0.29) is 23.7 Å². The third-order valence-corrected chi connectivity index (χ3v) is 3.92. The molecule has 0 amide bonds. The summed E-state index contributed by atoms with van der Waals surface area (Å²) in [6, 6.07) is 13.3. The first-order valence-electron chi connectivity index (χ1n) is 7.64. The van der Waals surface area contributed by atoms with E-state index in [0.29, 0.717) is 34.6 Å². The van der Waals surface area contributed by atoms with Gasteiger partial charge in [0.05, 0.1) is 18.8 Å². The van der Waals surface area contributed by atoms with Gasteiger partial charge in [-0.05, 0) is 18.2 Å². The predicted molar refractivity (Wildman–Crippen MR) is 93.4 cm³/mol. The molecule has 0 fully saturated rings. The van der Waals surface area contributed by atoms with Gasteiger partial charge in [-0.3, -0.25) is 4.79 Å². The third kappa shape index (κ3) is 3.57. The number of carboxylic acid groups (broad SMARTS) is 1.